The van der Waals surface area contributed by atoms with Crippen molar-refractivity contribution in [1.29, 1.82) is 0 Å². The van der Waals surface area contributed by atoms with E-state index < -0.39 is 0 Å². The summed E-state index contributed by atoms with van der Waals surface area (Å²) in [6.45, 7) is 9.68. The van der Waals surface area contributed by atoms with E-state index in [1.165, 1.54) is 0 Å². The van der Waals surface area contributed by atoms with Crippen LogP contribution in [-0.4, -0.2) is 42.3 Å². The molecule has 0 aliphatic carbocycles. The molecule has 1 aromatic carbocycles. The maximum atomic E-state index is 12.9. The Labute approximate surface area is 168 Å². The van der Waals surface area contributed by atoms with Crippen LogP contribution in [0.1, 0.15) is 57.3 Å². The van der Waals surface area contributed by atoms with Gasteiger partial charge < -0.3 is 15.5 Å². The van der Waals surface area contributed by atoms with E-state index in [1.807, 2.05) is 13.8 Å². The van der Waals surface area contributed by atoms with Crippen molar-refractivity contribution in [3.8, 4) is 0 Å². The second-order valence-corrected chi connectivity index (χ2v) is 8.29. The zero-order chi connectivity index (χ0) is 20.7. The minimum atomic E-state index is -0.159. The van der Waals surface area contributed by atoms with Gasteiger partial charge in [0.25, 0.3) is 5.91 Å². The first-order valence-electron chi connectivity index (χ1n) is 10.3. The van der Waals surface area contributed by atoms with Crippen LogP contribution < -0.4 is 10.6 Å². The van der Waals surface area contributed by atoms with Crippen molar-refractivity contribution in [2.45, 2.75) is 47.0 Å². The van der Waals surface area contributed by atoms with E-state index in [9.17, 15) is 14.4 Å². The number of carbonyl (C=O) groups is 3. The summed E-state index contributed by atoms with van der Waals surface area (Å²) in [6.07, 6.45) is 2.58. The highest BCUT2D eigenvalue weighted by Gasteiger charge is 2.29. The molecule has 1 aliphatic rings. The number of piperidine rings is 1. The number of carbonyl (C=O) groups excluding carboxylic acids is 3. The molecule has 0 radical (unpaired) electrons. The van der Waals surface area contributed by atoms with Gasteiger partial charge in [-0.15, -0.1) is 0 Å². The lowest BCUT2D eigenvalue weighted by molar-refractivity contribution is -0.126. The van der Waals surface area contributed by atoms with Crippen molar-refractivity contribution >= 4 is 23.4 Å². The largest absolute Gasteiger partial charge is 0.356 e. The van der Waals surface area contributed by atoms with Gasteiger partial charge in [-0.05, 0) is 43.4 Å². The summed E-state index contributed by atoms with van der Waals surface area (Å²) < 4.78 is 0. The zero-order valence-electron chi connectivity index (χ0n) is 17.5. The maximum absolute atomic E-state index is 12.9. The fourth-order valence-corrected chi connectivity index (χ4v) is 3.20. The van der Waals surface area contributed by atoms with Crippen molar-refractivity contribution in [3.05, 3.63) is 29.8 Å². The van der Waals surface area contributed by atoms with Crippen LogP contribution in [0.15, 0.2) is 24.3 Å². The molecule has 0 spiro atoms. The Morgan fingerprint density at radius 1 is 1.18 bits per heavy atom. The highest BCUT2D eigenvalue weighted by atomic mass is 16.2. The minimum Gasteiger partial charge on any atom is -0.356 e. The molecule has 1 heterocycles. The van der Waals surface area contributed by atoms with Gasteiger partial charge in [0.15, 0.2) is 0 Å². The van der Waals surface area contributed by atoms with Crippen LogP contribution in [0.3, 0.4) is 0 Å². The van der Waals surface area contributed by atoms with Crippen LogP contribution >= 0.6 is 0 Å². The van der Waals surface area contributed by atoms with Gasteiger partial charge in [-0.25, -0.2) is 0 Å². The van der Waals surface area contributed by atoms with Crippen molar-refractivity contribution < 1.29 is 14.4 Å². The number of hydrogen-bond donors (Lipinski definition) is 2. The third-order valence-corrected chi connectivity index (χ3v) is 5.00. The molecule has 1 aromatic rings. The SMILES string of the molecule is CC(C)CCNC(=O)[C@@H]1CCCN(C(=O)c2cccc(NC(=O)C(C)C)c2)C1. The molecular weight excluding hydrogens is 354 g/mol. The normalized spacial score (nSPS) is 16.9. The van der Waals surface area contributed by atoms with E-state index in [4.69, 9.17) is 0 Å². The standard InChI is InChI=1S/C22H33N3O3/c1-15(2)10-11-23-21(27)18-8-6-12-25(14-18)22(28)17-7-5-9-19(13-17)24-20(26)16(3)4/h5,7,9,13,15-16,18H,6,8,10-12,14H2,1-4H3,(H,23,27)(H,24,26)/t18-/m1/s1. The third kappa shape index (κ3) is 6.36. The van der Waals surface area contributed by atoms with E-state index in [0.717, 1.165) is 19.3 Å². The van der Waals surface area contributed by atoms with Gasteiger partial charge in [0.2, 0.25) is 11.8 Å². The van der Waals surface area contributed by atoms with Gasteiger partial charge in [-0.1, -0.05) is 33.8 Å². The molecule has 6 heteroatoms. The predicted molar refractivity (Wildman–Crippen MR) is 111 cm³/mol. The lowest BCUT2D eigenvalue weighted by Crippen LogP contribution is -2.45. The van der Waals surface area contributed by atoms with Crippen LogP contribution in [-0.2, 0) is 9.59 Å². The lowest BCUT2D eigenvalue weighted by atomic mass is 9.96. The van der Waals surface area contributed by atoms with Crippen molar-refractivity contribution in [1.82, 2.24) is 10.2 Å². The number of rotatable bonds is 7. The number of benzene rings is 1. The third-order valence-electron chi connectivity index (χ3n) is 5.00. The maximum Gasteiger partial charge on any atom is 0.253 e. The van der Waals surface area contributed by atoms with Gasteiger partial charge in [0.1, 0.15) is 0 Å². The molecule has 0 bridgehead atoms. The predicted octanol–water partition coefficient (Wildman–Crippen LogP) is 3.30. The lowest BCUT2D eigenvalue weighted by Gasteiger charge is -2.32. The number of nitrogens with one attached hydrogen (secondary N) is 2. The summed E-state index contributed by atoms with van der Waals surface area (Å²) in [5, 5.41) is 5.82. The van der Waals surface area contributed by atoms with Crippen LogP contribution in [0, 0.1) is 17.8 Å². The first-order chi connectivity index (χ1) is 13.3. The number of nitrogens with zero attached hydrogens (tertiary/aromatic N) is 1. The first kappa shape index (κ1) is 21.9. The number of hydrogen-bond acceptors (Lipinski definition) is 3. The molecule has 1 aliphatic heterocycles. The zero-order valence-corrected chi connectivity index (χ0v) is 17.5. The molecule has 0 aromatic heterocycles. The van der Waals surface area contributed by atoms with Gasteiger partial charge in [-0.3, -0.25) is 14.4 Å². The van der Waals surface area contributed by atoms with Crippen molar-refractivity contribution in [3.63, 3.8) is 0 Å². The fraction of sp³-hybridized carbons (Fsp3) is 0.591. The summed E-state index contributed by atoms with van der Waals surface area (Å²) in [5.41, 5.74) is 1.15. The first-order valence-corrected chi connectivity index (χ1v) is 10.3. The van der Waals surface area contributed by atoms with Crippen molar-refractivity contribution in [2.24, 2.45) is 17.8 Å². The monoisotopic (exact) mass is 387 g/mol. The van der Waals surface area contributed by atoms with Gasteiger partial charge in [0.05, 0.1) is 5.92 Å². The molecule has 154 valence electrons. The Morgan fingerprint density at radius 2 is 1.93 bits per heavy atom. The molecular formula is C22H33N3O3. The van der Waals surface area contributed by atoms with Crippen LogP contribution in [0.25, 0.3) is 0 Å². The Balaban J connectivity index is 1.98. The van der Waals surface area contributed by atoms with E-state index >= 15 is 0 Å². The summed E-state index contributed by atoms with van der Waals surface area (Å²) in [4.78, 5) is 39.0. The van der Waals surface area contributed by atoms with Gasteiger partial charge >= 0.3 is 0 Å². The van der Waals surface area contributed by atoms with Crippen LogP contribution in [0.4, 0.5) is 5.69 Å². The van der Waals surface area contributed by atoms with E-state index in [0.29, 0.717) is 36.8 Å². The Kier molecular flexibility index (Phi) is 8.03. The minimum absolute atomic E-state index is 0.0381. The molecule has 1 atom stereocenters. The van der Waals surface area contributed by atoms with E-state index in [2.05, 4.69) is 24.5 Å². The molecule has 2 N–H and O–H groups in total. The van der Waals surface area contributed by atoms with Gasteiger partial charge in [0, 0.05) is 36.8 Å². The van der Waals surface area contributed by atoms with Crippen molar-refractivity contribution in [2.75, 3.05) is 25.0 Å². The molecule has 0 saturated carbocycles. The van der Waals surface area contributed by atoms with Crippen LogP contribution in [0.2, 0.25) is 0 Å². The molecule has 6 nitrogen and oxygen atoms in total. The average molecular weight is 388 g/mol. The molecule has 3 amide bonds. The number of amides is 3. The van der Waals surface area contributed by atoms with Gasteiger partial charge in [-0.2, -0.15) is 0 Å². The highest BCUT2D eigenvalue weighted by Crippen LogP contribution is 2.20. The topological polar surface area (TPSA) is 78.5 Å². The smallest absolute Gasteiger partial charge is 0.253 e. The second-order valence-electron chi connectivity index (χ2n) is 8.29. The van der Waals surface area contributed by atoms with E-state index in [1.54, 1.807) is 29.2 Å². The molecule has 1 saturated heterocycles. The second kappa shape index (κ2) is 10.2. The van der Waals surface area contributed by atoms with E-state index in [-0.39, 0.29) is 29.6 Å². The quantitative estimate of drug-likeness (QED) is 0.753. The molecule has 28 heavy (non-hydrogen) atoms. The molecule has 0 unspecified atom stereocenters. The molecule has 2 rings (SSSR count). The summed E-state index contributed by atoms with van der Waals surface area (Å²) in [6, 6.07) is 7.00. The summed E-state index contributed by atoms with van der Waals surface area (Å²) >= 11 is 0. The Bertz CT molecular complexity index is 700. The fourth-order valence-electron chi connectivity index (χ4n) is 3.20. The highest BCUT2D eigenvalue weighted by molar-refractivity contribution is 5.97. The Morgan fingerprint density at radius 3 is 2.61 bits per heavy atom. The number of anilines is 1. The van der Waals surface area contributed by atoms with Crippen LogP contribution in [0.5, 0.6) is 0 Å². The average Bonchev–Trinajstić information content (AvgIpc) is 2.67. The summed E-state index contributed by atoms with van der Waals surface area (Å²) in [7, 11) is 0. The molecule has 1 fully saturated rings. The number of likely N-dealkylation sites (tertiary alicyclic amines) is 1. The summed E-state index contributed by atoms with van der Waals surface area (Å²) in [5.74, 6) is 0.121. The Hall–Kier alpha value is -2.37.